The first-order valence-electron chi connectivity index (χ1n) is 4.68. The number of carbonyl (C=O) groups excluding carboxylic acids is 1. The van der Waals surface area contributed by atoms with Gasteiger partial charge in [-0.05, 0) is 23.8 Å². The molecule has 0 unspecified atom stereocenters. The second-order valence-corrected chi connectivity index (χ2v) is 2.94. The van der Waals surface area contributed by atoms with Crippen LogP contribution in [-0.2, 0) is 9.53 Å². The fourth-order valence-electron chi connectivity index (χ4n) is 1.19. The summed E-state index contributed by atoms with van der Waals surface area (Å²) in [7, 11) is 3.18. The van der Waals surface area contributed by atoms with Crippen LogP contribution in [0.3, 0.4) is 0 Å². The van der Waals surface area contributed by atoms with Crippen LogP contribution in [0.1, 0.15) is 5.56 Å². The van der Waals surface area contributed by atoms with Crippen molar-refractivity contribution in [2.24, 2.45) is 0 Å². The monoisotopic (exact) mass is 221 g/mol. The van der Waals surface area contributed by atoms with Gasteiger partial charge < -0.3 is 14.2 Å². The molecule has 4 heteroatoms. The number of hydrogen-bond acceptors (Lipinski definition) is 4. The molecule has 0 N–H and O–H groups in total. The Bertz CT molecular complexity index is 349. The first-order valence-corrected chi connectivity index (χ1v) is 4.68. The summed E-state index contributed by atoms with van der Waals surface area (Å²) >= 11 is 0. The van der Waals surface area contributed by atoms with Gasteiger partial charge in [0.15, 0.2) is 0 Å². The first kappa shape index (κ1) is 12.1. The van der Waals surface area contributed by atoms with Crippen molar-refractivity contribution in [1.82, 2.24) is 0 Å². The van der Waals surface area contributed by atoms with Crippen LogP contribution in [0.2, 0.25) is 0 Å². The highest BCUT2D eigenvalue weighted by atomic mass is 16.5. The molecule has 0 amide bonds. The Kier molecular flexibility index (Phi) is 4.92. The van der Waals surface area contributed by atoms with E-state index >= 15 is 0 Å². The minimum absolute atomic E-state index is 0.197. The van der Waals surface area contributed by atoms with Gasteiger partial charge in [0, 0.05) is 6.07 Å². The van der Waals surface area contributed by atoms with Crippen LogP contribution in [0.5, 0.6) is 11.5 Å². The standard InChI is InChI=1S/C12H13O4/c1-14-11-6-10(4-3-5-16-9-13)7-12(8-11)15-2/h3-4,6-8H,5H2,1-2H3. The lowest BCUT2D eigenvalue weighted by atomic mass is 10.2. The molecule has 1 aromatic carbocycles. The van der Waals surface area contributed by atoms with Gasteiger partial charge in [0.25, 0.3) is 0 Å². The third-order valence-electron chi connectivity index (χ3n) is 1.92. The maximum atomic E-state index is 9.80. The normalized spacial score (nSPS) is 10.1. The van der Waals surface area contributed by atoms with Crippen LogP contribution in [0, 0.1) is 0 Å². The van der Waals surface area contributed by atoms with Crippen LogP contribution in [0.4, 0.5) is 0 Å². The predicted octanol–water partition coefficient (Wildman–Crippen LogP) is 1.80. The Labute approximate surface area is 94.4 Å². The van der Waals surface area contributed by atoms with Gasteiger partial charge in [0.05, 0.1) is 14.2 Å². The van der Waals surface area contributed by atoms with E-state index in [9.17, 15) is 4.79 Å². The van der Waals surface area contributed by atoms with Crippen molar-refractivity contribution in [3.63, 3.8) is 0 Å². The molecule has 0 saturated heterocycles. The van der Waals surface area contributed by atoms with Crippen molar-refractivity contribution >= 4 is 12.5 Å². The molecule has 0 aliphatic heterocycles. The Hall–Kier alpha value is -1.97. The van der Waals surface area contributed by atoms with Gasteiger partial charge in [-0.3, -0.25) is 0 Å². The summed E-state index contributed by atoms with van der Waals surface area (Å²) < 4.78 is 14.6. The number of ether oxygens (including phenoxy) is 3. The number of methoxy groups -OCH3 is 2. The summed E-state index contributed by atoms with van der Waals surface area (Å²) in [6.45, 7) is 1.55. The second-order valence-electron chi connectivity index (χ2n) is 2.94. The number of rotatable bonds is 6. The highest BCUT2D eigenvalue weighted by Gasteiger charge is 1.98. The van der Waals surface area contributed by atoms with E-state index in [0.717, 1.165) is 5.56 Å². The lowest BCUT2D eigenvalue weighted by Gasteiger charge is -2.05. The zero-order chi connectivity index (χ0) is 11.8. The zero-order valence-electron chi connectivity index (χ0n) is 9.23. The van der Waals surface area contributed by atoms with Gasteiger partial charge in [0.2, 0.25) is 0 Å². The van der Waals surface area contributed by atoms with E-state index in [-0.39, 0.29) is 6.61 Å². The van der Waals surface area contributed by atoms with Crippen molar-refractivity contribution in [2.45, 2.75) is 0 Å². The average Bonchev–Trinajstić information content (AvgIpc) is 2.34. The van der Waals surface area contributed by atoms with Gasteiger partial charge in [-0.2, -0.15) is 0 Å². The molecule has 85 valence electrons. The van der Waals surface area contributed by atoms with E-state index in [1.165, 1.54) is 6.47 Å². The van der Waals surface area contributed by atoms with E-state index in [2.05, 4.69) is 4.74 Å². The summed E-state index contributed by atoms with van der Waals surface area (Å²) in [5.74, 6) is 1.42. The molecule has 0 saturated carbocycles. The molecule has 0 bridgehead atoms. The maximum Gasteiger partial charge on any atom is 0.417 e. The predicted molar refractivity (Wildman–Crippen MR) is 60.2 cm³/mol. The van der Waals surface area contributed by atoms with Crippen molar-refractivity contribution in [3.8, 4) is 11.5 Å². The molecule has 0 aromatic heterocycles. The molecule has 0 aliphatic rings. The van der Waals surface area contributed by atoms with Crippen molar-refractivity contribution in [2.75, 3.05) is 20.8 Å². The fourth-order valence-corrected chi connectivity index (χ4v) is 1.19. The SMILES string of the molecule is COc1cc(C=CCO[C]=O)cc(OC)c1. The lowest BCUT2D eigenvalue weighted by Crippen LogP contribution is -1.89. The second kappa shape index (κ2) is 6.50. The smallest absolute Gasteiger partial charge is 0.417 e. The molecule has 0 atom stereocenters. The van der Waals surface area contributed by atoms with E-state index in [1.807, 2.05) is 18.2 Å². The Morgan fingerprint density at radius 2 is 1.81 bits per heavy atom. The fraction of sp³-hybridized carbons (Fsp3) is 0.250. The summed E-state index contributed by atoms with van der Waals surface area (Å²) in [5.41, 5.74) is 0.908. The zero-order valence-corrected chi connectivity index (χ0v) is 9.23. The molecule has 0 heterocycles. The van der Waals surface area contributed by atoms with Gasteiger partial charge >= 0.3 is 6.47 Å². The van der Waals surface area contributed by atoms with E-state index in [0.29, 0.717) is 11.5 Å². The summed E-state index contributed by atoms with van der Waals surface area (Å²) in [5, 5.41) is 0. The number of hydrogen-bond donors (Lipinski definition) is 0. The van der Waals surface area contributed by atoms with E-state index in [1.54, 1.807) is 26.4 Å². The third-order valence-corrected chi connectivity index (χ3v) is 1.92. The van der Waals surface area contributed by atoms with Crippen LogP contribution in [-0.4, -0.2) is 27.3 Å². The average molecular weight is 221 g/mol. The van der Waals surface area contributed by atoms with Crippen LogP contribution in [0.15, 0.2) is 24.3 Å². The molecule has 0 aliphatic carbocycles. The van der Waals surface area contributed by atoms with E-state index < -0.39 is 0 Å². The van der Waals surface area contributed by atoms with Crippen molar-refractivity contribution in [1.29, 1.82) is 0 Å². The minimum atomic E-state index is 0.197. The Balaban J connectivity index is 2.78. The van der Waals surface area contributed by atoms with Crippen molar-refractivity contribution < 1.29 is 19.0 Å². The maximum absolute atomic E-state index is 9.80. The molecule has 0 fully saturated rings. The highest BCUT2D eigenvalue weighted by molar-refractivity contribution is 5.55. The molecule has 1 aromatic rings. The Morgan fingerprint density at radius 3 is 2.31 bits per heavy atom. The molecular formula is C12H13O4. The molecule has 1 rings (SSSR count). The van der Waals surface area contributed by atoms with Gasteiger partial charge in [-0.1, -0.05) is 6.08 Å². The van der Waals surface area contributed by atoms with Crippen molar-refractivity contribution in [3.05, 3.63) is 29.8 Å². The van der Waals surface area contributed by atoms with Gasteiger partial charge in [-0.15, -0.1) is 0 Å². The minimum Gasteiger partial charge on any atom is -0.497 e. The quantitative estimate of drug-likeness (QED) is 0.687. The van der Waals surface area contributed by atoms with Crippen LogP contribution < -0.4 is 9.47 Å². The molecule has 16 heavy (non-hydrogen) atoms. The van der Waals surface area contributed by atoms with Crippen LogP contribution >= 0.6 is 0 Å². The number of benzene rings is 1. The topological polar surface area (TPSA) is 44.8 Å². The highest BCUT2D eigenvalue weighted by Crippen LogP contribution is 2.23. The first-order chi connectivity index (χ1) is 7.80. The molecular weight excluding hydrogens is 208 g/mol. The largest absolute Gasteiger partial charge is 0.497 e. The third kappa shape index (κ3) is 3.65. The van der Waals surface area contributed by atoms with Gasteiger partial charge in [0.1, 0.15) is 18.1 Å². The summed E-state index contributed by atoms with van der Waals surface area (Å²) in [6.07, 6.45) is 3.52. The van der Waals surface area contributed by atoms with E-state index in [4.69, 9.17) is 9.47 Å². The summed E-state index contributed by atoms with van der Waals surface area (Å²) in [4.78, 5) is 9.80. The lowest BCUT2D eigenvalue weighted by molar-refractivity contribution is 0.314. The van der Waals surface area contributed by atoms with Gasteiger partial charge in [-0.25, -0.2) is 4.79 Å². The molecule has 1 radical (unpaired) electrons. The van der Waals surface area contributed by atoms with Crippen LogP contribution in [0.25, 0.3) is 6.08 Å². The Morgan fingerprint density at radius 1 is 1.19 bits per heavy atom. The molecule has 4 nitrogen and oxygen atoms in total. The molecule has 0 spiro atoms. The summed E-state index contributed by atoms with van der Waals surface area (Å²) in [6, 6.07) is 5.49.